The smallest absolute Gasteiger partial charge is 0.248 e. The number of ether oxygens (including phenoxy) is 1. The Kier molecular flexibility index (Phi) is 4.96. The summed E-state index contributed by atoms with van der Waals surface area (Å²) in [5, 5.41) is 0. The van der Waals surface area contributed by atoms with Gasteiger partial charge in [0.05, 0.1) is 11.0 Å². The van der Waals surface area contributed by atoms with Gasteiger partial charge >= 0.3 is 0 Å². The highest BCUT2D eigenvalue weighted by Crippen LogP contribution is 2.24. The van der Waals surface area contributed by atoms with E-state index in [9.17, 15) is 4.79 Å². The third kappa shape index (κ3) is 3.62. The lowest BCUT2D eigenvalue weighted by atomic mass is 9.97. The number of aromatic amines is 1. The molecule has 2 aromatic rings. The van der Waals surface area contributed by atoms with E-state index in [1.54, 1.807) is 0 Å². The van der Waals surface area contributed by atoms with Gasteiger partial charge in [0.1, 0.15) is 19.0 Å². The molecule has 2 aliphatic rings. The maximum Gasteiger partial charge on any atom is 0.248 e. The van der Waals surface area contributed by atoms with Crippen molar-refractivity contribution in [1.29, 1.82) is 0 Å². The van der Waals surface area contributed by atoms with Crippen LogP contribution >= 0.6 is 0 Å². The number of aromatic nitrogens is 2. The molecule has 26 heavy (non-hydrogen) atoms. The van der Waals surface area contributed by atoms with Crippen LogP contribution in [0.15, 0.2) is 18.2 Å². The number of likely N-dealkylation sites (tertiary alicyclic amines) is 2. The van der Waals surface area contributed by atoms with Gasteiger partial charge in [-0.3, -0.25) is 9.69 Å². The molecule has 2 saturated heterocycles. The van der Waals surface area contributed by atoms with Crippen molar-refractivity contribution < 1.29 is 9.53 Å². The molecule has 1 atom stereocenters. The minimum Gasteiger partial charge on any atom is -0.364 e. The van der Waals surface area contributed by atoms with Crippen LogP contribution < -0.4 is 0 Å². The highest BCUT2D eigenvalue weighted by atomic mass is 16.5. The molecule has 0 spiro atoms. The van der Waals surface area contributed by atoms with Gasteiger partial charge in [-0.1, -0.05) is 12.5 Å². The summed E-state index contributed by atoms with van der Waals surface area (Å²) in [6.45, 7) is 7.68. The van der Waals surface area contributed by atoms with Crippen LogP contribution in [0.4, 0.5) is 0 Å². The molecule has 0 aliphatic carbocycles. The van der Waals surface area contributed by atoms with E-state index in [0.29, 0.717) is 18.7 Å². The van der Waals surface area contributed by atoms with Crippen LogP contribution in [-0.4, -0.2) is 64.0 Å². The number of carbonyl (C=O) groups is 1. The van der Waals surface area contributed by atoms with Crippen LogP contribution in [0.3, 0.4) is 0 Å². The standard InChI is InChI=1S/C20H28N4O2/c1-14-6-7-17-18(9-14)22-19(21-17)12-26-13-20(25)23-10-16(11-23)24-8-4-3-5-15(24)2/h6-7,9,15-16H,3-5,8,10-13H2,1-2H3,(H,21,22). The Labute approximate surface area is 154 Å². The Morgan fingerprint density at radius 1 is 1.35 bits per heavy atom. The van der Waals surface area contributed by atoms with Crippen molar-refractivity contribution >= 4 is 16.9 Å². The SMILES string of the molecule is Cc1ccc2nc(COCC(=O)N3CC(N4CCCCC4C)C3)[nH]c2c1. The van der Waals surface area contributed by atoms with E-state index in [4.69, 9.17) is 4.74 Å². The van der Waals surface area contributed by atoms with E-state index in [0.717, 1.165) is 29.9 Å². The molecule has 6 nitrogen and oxygen atoms in total. The van der Waals surface area contributed by atoms with Crippen molar-refractivity contribution in [2.45, 2.75) is 51.8 Å². The van der Waals surface area contributed by atoms with Gasteiger partial charge in [-0.15, -0.1) is 0 Å². The second-order valence-electron chi connectivity index (χ2n) is 7.73. The number of hydrogen-bond acceptors (Lipinski definition) is 4. The zero-order valence-electron chi connectivity index (χ0n) is 15.7. The molecule has 0 bridgehead atoms. The molecule has 1 aromatic heterocycles. The Bertz CT molecular complexity index is 781. The van der Waals surface area contributed by atoms with Crippen LogP contribution in [0.1, 0.15) is 37.6 Å². The highest BCUT2D eigenvalue weighted by molar-refractivity contribution is 5.78. The number of hydrogen-bond donors (Lipinski definition) is 1. The number of fused-ring (bicyclic) bond motifs is 1. The van der Waals surface area contributed by atoms with Gasteiger partial charge in [0.2, 0.25) is 5.91 Å². The molecular formula is C20H28N4O2. The zero-order valence-corrected chi connectivity index (χ0v) is 15.7. The summed E-state index contributed by atoms with van der Waals surface area (Å²) in [5.41, 5.74) is 3.14. The fourth-order valence-corrected chi connectivity index (χ4v) is 4.10. The van der Waals surface area contributed by atoms with Gasteiger partial charge in [-0.05, 0) is 50.9 Å². The van der Waals surface area contributed by atoms with Crippen molar-refractivity contribution in [3.63, 3.8) is 0 Å². The van der Waals surface area contributed by atoms with Crippen LogP contribution in [0.5, 0.6) is 0 Å². The minimum atomic E-state index is 0.0814. The first-order valence-corrected chi connectivity index (χ1v) is 9.66. The van der Waals surface area contributed by atoms with Crippen LogP contribution in [0, 0.1) is 6.92 Å². The molecule has 1 amide bonds. The fraction of sp³-hybridized carbons (Fsp3) is 0.600. The molecule has 1 aromatic carbocycles. The number of imidazole rings is 1. The predicted octanol–water partition coefficient (Wildman–Crippen LogP) is 2.47. The van der Waals surface area contributed by atoms with Crippen molar-refractivity contribution in [3.8, 4) is 0 Å². The summed E-state index contributed by atoms with van der Waals surface area (Å²) < 4.78 is 5.60. The largest absolute Gasteiger partial charge is 0.364 e. The second-order valence-corrected chi connectivity index (χ2v) is 7.73. The first-order valence-electron chi connectivity index (χ1n) is 9.66. The summed E-state index contributed by atoms with van der Waals surface area (Å²) in [5.74, 6) is 0.847. The monoisotopic (exact) mass is 356 g/mol. The first kappa shape index (κ1) is 17.5. The van der Waals surface area contributed by atoms with Crippen LogP contribution in [-0.2, 0) is 16.1 Å². The number of amides is 1. The molecule has 3 heterocycles. The number of benzene rings is 1. The number of carbonyl (C=O) groups excluding carboxylic acids is 1. The molecule has 4 rings (SSSR count). The number of piperidine rings is 1. The van der Waals surface area contributed by atoms with Gasteiger partial charge in [0.25, 0.3) is 0 Å². The average molecular weight is 356 g/mol. The molecule has 6 heteroatoms. The summed E-state index contributed by atoms with van der Waals surface area (Å²) >= 11 is 0. The van der Waals surface area contributed by atoms with Crippen molar-refractivity contribution in [1.82, 2.24) is 19.8 Å². The van der Waals surface area contributed by atoms with Crippen LogP contribution in [0.25, 0.3) is 11.0 Å². The van der Waals surface area contributed by atoms with E-state index >= 15 is 0 Å². The van der Waals surface area contributed by atoms with E-state index in [-0.39, 0.29) is 12.5 Å². The predicted molar refractivity (Wildman–Crippen MR) is 101 cm³/mol. The second kappa shape index (κ2) is 7.37. The van der Waals surface area contributed by atoms with E-state index < -0.39 is 0 Å². The lowest BCUT2D eigenvalue weighted by molar-refractivity contribution is -0.145. The maximum absolute atomic E-state index is 12.3. The number of aryl methyl sites for hydroxylation is 1. The van der Waals surface area contributed by atoms with Crippen LogP contribution in [0.2, 0.25) is 0 Å². The van der Waals surface area contributed by atoms with Gasteiger partial charge in [-0.2, -0.15) is 0 Å². The highest BCUT2D eigenvalue weighted by Gasteiger charge is 2.37. The third-order valence-electron chi connectivity index (χ3n) is 5.69. The van der Waals surface area contributed by atoms with Gasteiger partial charge in [-0.25, -0.2) is 4.98 Å². The van der Waals surface area contributed by atoms with Gasteiger partial charge in [0, 0.05) is 25.2 Å². The summed E-state index contributed by atoms with van der Waals surface area (Å²) in [6.07, 6.45) is 3.90. The fourth-order valence-electron chi connectivity index (χ4n) is 4.10. The summed E-state index contributed by atoms with van der Waals surface area (Å²) in [6, 6.07) is 7.30. The van der Waals surface area contributed by atoms with E-state index in [2.05, 4.69) is 34.8 Å². The quantitative estimate of drug-likeness (QED) is 0.894. The Morgan fingerprint density at radius 2 is 2.19 bits per heavy atom. The summed E-state index contributed by atoms with van der Waals surface area (Å²) in [7, 11) is 0. The lowest BCUT2D eigenvalue weighted by Gasteiger charge is -2.49. The van der Waals surface area contributed by atoms with Crippen molar-refractivity contribution in [2.24, 2.45) is 0 Å². The van der Waals surface area contributed by atoms with Crippen molar-refractivity contribution in [3.05, 3.63) is 29.6 Å². The molecule has 2 fully saturated rings. The molecule has 0 saturated carbocycles. The van der Waals surface area contributed by atoms with Crippen molar-refractivity contribution in [2.75, 3.05) is 26.2 Å². The number of H-pyrrole nitrogens is 1. The van der Waals surface area contributed by atoms with E-state index in [1.165, 1.54) is 31.4 Å². The third-order valence-corrected chi connectivity index (χ3v) is 5.69. The Hall–Kier alpha value is -1.92. The number of nitrogens with one attached hydrogen (secondary N) is 1. The molecule has 0 radical (unpaired) electrons. The number of rotatable bonds is 5. The van der Waals surface area contributed by atoms with E-state index in [1.807, 2.05) is 17.0 Å². The molecule has 1 unspecified atom stereocenters. The Morgan fingerprint density at radius 3 is 3.00 bits per heavy atom. The topological polar surface area (TPSA) is 61.5 Å². The lowest BCUT2D eigenvalue weighted by Crippen LogP contribution is -2.64. The number of nitrogens with zero attached hydrogens (tertiary/aromatic N) is 3. The molecular weight excluding hydrogens is 328 g/mol. The van der Waals surface area contributed by atoms with Gasteiger partial charge < -0.3 is 14.6 Å². The maximum atomic E-state index is 12.3. The Balaban J connectivity index is 1.22. The first-order chi connectivity index (χ1) is 12.6. The average Bonchev–Trinajstić information content (AvgIpc) is 2.97. The molecule has 2 aliphatic heterocycles. The molecule has 140 valence electrons. The van der Waals surface area contributed by atoms with Gasteiger partial charge in [0.15, 0.2) is 0 Å². The zero-order chi connectivity index (χ0) is 18.1. The summed E-state index contributed by atoms with van der Waals surface area (Å²) in [4.78, 5) is 24.5. The molecule has 1 N–H and O–H groups in total. The normalized spacial score (nSPS) is 21.9. The minimum absolute atomic E-state index is 0.0814.